The van der Waals surface area contributed by atoms with Crippen molar-refractivity contribution in [1.82, 2.24) is 9.97 Å². The highest BCUT2D eigenvalue weighted by molar-refractivity contribution is 7.99. The van der Waals surface area contributed by atoms with E-state index >= 15 is 0 Å². The molecule has 1 aromatic heterocycles. The van der Waals surface area contributed by atoms with Gasteiger partial charge in [-0.3, -0.25) is 0 Å². The highest BCUT2D eigenvalue weighted by Crippen LogP contribution is 2.14. The number of hydrogen-bond acceptors (Lipinski definition) is 6. The first-order valence-corrected chi connectivity index (χ1v) is 7.59. The van der Waals surface area contributed by atoms with Crippen molar-refractivity contribution in [3.8, 4) is 0 Å². The molecule has 0 fully saturated rings. The van der Waals surface area contributed by atoms with Crippen molar-refractivity contribution in [2.45, 2.75) is 31.9 Å². The van der Waals surface area contributed by atoms with Crippen LogP contribution in [0.3, 0.4) is 0 Å². The minimum atomic E-state index is 0.302. The highest BCUT2D eigenvalue weighted by atomic mass is 32.2. The van der Waals surface area contributed by atoms with Crippen LogP contribution >= 0.6 is 11.8 Å². The lowest BCUT2D eigenvalue weighted by Crippen LogP contribution is -2.11. The Bertz CT molecular complexity index is 358. The van der Waals surface area contributed by atoms with Crippen molar-refractivity contribution in [3.63, 3.8) is 0 Å². The summed E-state index contributed by atoms with van der Waals surface area (Å²) in [6, 6.07) is 1.90. The normalized spacial score (nSPS) is 12.2. The molecule has 0 saturated carbocycles. The van der Waals surface area contributed by atoms with Gasteiger partial charge in [-0.15, -0.1) is 0 Å². The molecule has 0 saturated heterocycles. The van der Waals surface area contributed by atoms with E-state index in [0.29, 0.717) is 11.2 Å². The standard InChI is InChI=1S/C12H23N5S/c1-4-6-14-10-8-11(17-12(13)16-10)15-7-5-9(2)18-3/h8-9H,4-7H2,1-3H3,(H4,13,14,15,16,17). The molecule has 1 aromatic rings. The van der Waals surface area contributed by atoms with Crippen LogP contribution < -0.4 is 16.4 Å². The third kappa shape index (κ3) is 5.44. The van der Waals surface area contributed by atoms with Gasteiger partial charge in [0.05, 0.1) is 0 Å². The molecule has 0 aliphatic heterocycles. The molecule has 1 rings (SSSR count). The minimum Gasteiger partial charge on any atom is -0.370 e. The predicted octanol–water partition coefficient (Wildman–Crippen LogP) is 2.43. The van der Waals surface area contributed by atoms with Crippen LogP contribution in [-0.2, 0) is 0 Å². The maximum absolute atomic E-state index is 5.68. The summed E-state index contributed by atoms with van der Waals surface area (Å²) in [7, 11) is 0. The van der Waals surface area contributed by atoms with Crippen molar-refractivity contribution < 1.29 is 0 Å². The van der Waals surface area contributed by atoms with Gasteiger partial charge in [0, 0.05) is 24.4 Å². The van der Waals surface area contributed by atoms with Crippen LogP contribution in [0.15, 0.2) is 6.07 Å². The van der Waals surface area contributed by atoms with Gasteiger partial charge in [-0.25, -0.2) is 0 Å². The lowest BCUT2D eigenvalue weighted by molar-refractivity contribution is 0.849. The largest absolute Gasteiger partial charge is 0.370 e. The highest BCUT2D eigenvalue weighted by Gasteiger charge is 2.03. The van der Waals surface area contributed by atoms with E-state index in [0.717, 1.165) is 37.6 Å². The van der Waals surface area contributed by atoms with Crippen LogP contribution in [0.25, 0.3) is 0 Å². The molecular formula is C12H23N5S. The van der Waals surface area contributed by atoms with Gasteiger partial charge in [-0.1, -0.05) is 13.8 Å². The summed E-state index contributed by atoms with van der Waals surface area (Å²) >= 11 is 1.87. The molecule has 0 amide bonds. The van der Waals surface area contributed by atoms with E-state index in [-0.39, 0.29) is 0 Å². The topological polar surface area (TPSA) is 75.9 Å². The van der Waals surface area contributed by atoms with E-state index in [1.165, 1.54) is 0 Å². The monoisotopic (exact) mass is 269 g/mol. The summed E-state index contributed by atoms with van der Waals surface area (Å²) in [5, 5.41) is 7.14. The van der Waals surface area contributed by atoms with Crippen LogP contribution in [0.5, 0.6) is 0 Å². The second kappa shape index (κ2) is 8.02. The van der Waals surface area contributed by atoms with E-state index in [1.807, 2.05) is 17.8 Å². The Morgan fingerprint density at radius 1 is 1.28 bits per heavy atom. The molecule has 1 unspecified atom stereocenters. The number of nitrogen functional groups attached to an aromatic ring is 1. The summed E-state index contributed by atoms with van der Waals surface area (Å²) in [6.07, 6.45) is 4.28. The molecule has 0 radical (unpaired) electrons. The van der Waals surface area contributed by atoms with Crippen molar-refractivity contribution in [2.24, 2.45) is 0 Å². The fraction of sp³-hybridized carbons (Fsp3) is 0.667. The number of rotatable bonds is 8. The molecule has 0 aromatic carbocycles. The summed E-state index contributed by atoms with van der Waals surface area (Å²) < 4.78 is 0. The Morgan fingerprint density at radius 3 is 2.44 bits per heavy atom. The summed E-state index contributed by atoms with van der Waals surface area (Å²) in [5.41, 5.74) is 5.68. The van der Waals surface area contributed by atoms with Gasteiger partial charge in [0.2, 0.25) is 5.95 Å². The van der Waals surface area contributed by atoms with Crippen molar-refractivity contribution >= 4 is 29.3 Å². The third-order valence-corrected chi connectivity index (χ3v) is 3.60. The van der Waals surface area contributed by atoms with Crippen LogP contribution in [0.1, 0.15) is 26.7 Å². The quantitative estimate of drug-likeness (QED) is 0.673. The lowest BCUT2D eigenvalue weighted by atomic mass is 10.3. The molecule has 0 bridgehead atoms. The lowest BCUT2D eigenvalue weighted by Gasteiger charge is -2.11. The van der Waals surface area contributed by atoms with E-state index in [4.69, 9.17) is 5.73 Å². The first kappa shape index (κ1) is 14.9. The molecule has 5 nitrogen and oxygen atoms in total. The van der Waals surface area contributed by atoms with E-state index in [1.54, 1.807) is 0 Å². The molecule has 0 aliphatic rings. The zero-order chi connectivity index (χ0) is 13.4. The Hall–Kier alpha value is -1.17. The molecule has 0 aliphatic carbocycles. The molecule has 6 heteroatoms. The maximum atomic E-state index is 5.68. The number of nitrogens with zero attached hydrogens (tertiary/aromatic N) is 2. The number of nitrogens with one attached hydrogen (secondary N) is 2. The number of nitrogens with two attached hydrogens (primary N) is 1. The SMILES string of the molecule is CCCNc1cc(NCCC(C)SC)nc(N)n1. The average Bonchev–Trinajstić information content (AvgIpc) is 2.35. The first-order chi connectivity index (χ1) is 8.65. The van der Waals surface area contributed by atoms with Gasteiger partial charge < -0.3 is 16.4 Å². The van der Waals surface area contributed by atoms with E-state index in [2.05, 4.69) is 40.7 Å². The first-order valence-electron chi connectivity index (χ1n) is 6.30. The summed E-state index contributed by atoms with van der Waals surface area (Å²) in [4.78, 5) is 8.32. The number of thioether (sulfide) groups is 1. The molecule has 0 spiro atoms. The second-order valence-corrected chi connectivity index (χ2v) is 5.46. The summed E-state index contributed by atoms with van der Waals surface area (Å²) in [5.74, 6) is 1.87. The number of anilines is 3. The Balaban J connectivity index is 2.51. The minimum absolute atomic E-state index is 0.302. The Kier molecular flexibility index (Phi) is 6.64. The molecule has 1 heterocycles. The molecule has 18 heavy (non-hydrogen) atoms. The maximum Gasteiger partial charge on any atom is 0.223 e. The zero-order valence-electron chi connectivity index (χ0n) is 11.4. The second-order valence-electron chi connectivity index (χ2n) is 4.19. The predicted molar refractivity (Wildman–Crippen MR) is 81.3 cm³/mol. The Morgan fingerprint density at radius 2 is 1.89 bits per heavy atom. The fourth-order valence-electron chi connectivity index (χ4n) is 1.42. The zero-order valence-corrected chi connectivity index (χ0v) is 12.2. The molecule has 1 atom stereocenters. The smallest absolute Gasteiger partial charge is 0.223 e. The van der Waals surface area contributed by atoms with Gasteiger partial charge in [0.25, 0.3) is 0 Å². The van der Waals surface area contributed by atoms with Gasteiger partial charge in [0.1, 0.15) is 11.6 Å². The molecule has 4 N–H and O–H groups in total. The van der Waals surface area contributed by atoms with Gasteiger partial charge in [-0.2, -0.15) is 21.7 Å². The Labute approximate surface area is 113 Å². The van der Waals surface area contributed by atoms with Crippen LogP contribution in [0.4, 0.5) is 17.6 Å². The molecular weight excluding hydrogens is 246 g/mol. The molecule has 102 valence electrons. The van der Waals surface area contributed by atoms with Crippen molar-refractivity contribution in [2.75, 3.05) is 35.7 Å². The summed E-state index contributed by atoms with van der Waals surface area (Å²) in [6.45, 7) is 6.11. The van der Waals surface area contributed by atoms with Crippen molar-refractivity contribution in [3.05, 3.63) is 6.07 Å². The van der Waals surface area contributed by atoms with Crippen LogP contribution in [0, 0.1) is 0 Å². The van der Waals surface area contributed by atoms with Crippen molar-refractivity contribution in [1.29, 1.82) is 0 Å². The van der Waals surface area contributed by atoms with Gasteiger partial charge in [-0.05, 0) is 19.1 Å². The number of aromatic nitrogens is 2. The van der Waals surface area contributed by atoms with E-state index < -0.39 is 0 Å². The van der Waals surface area contributed by atoms with Crippen LogP contribution in [0.2, 0.25) is 0 Å². The number of hydrogen-bond donors (Lipinski definition) is 3. The fourth-order valence-corrected chi connectivity index (χ4v) is 1.77. The third-order valence-electron chi connectivity index (χ3n) is 2.56. The van der Waals surface area contributed by atoms with Crippen LogP contribution in [-0.4, -0.2) is 34.6 Å². The van der Waals surface area contributed by atoms with Gasteiger partial charge >= 0.3 is 0 Å². The van der Waals surface area contributed by atoms with Gasteiger partial charge in [0.15, 0.2) is 0 Å². The average molecular weight is 269 g/mol. The van der Waals surface area contributed by atoms with E-state index in [9.17, 15) is 0 Å².